The average molecular weight is 423 g/mol. The van der Waals surface area contributed by atoms with Gasteiger partial charge in [0.1, 0.15) is 0 Å². The molecule has 0 spiro atoms. The lowest BCUT2D eigenvalue weighted by Crippen LogP contribution is -2.25. The van der Waals surface area contributed by atoms with Gasteiger partial charge in [0.15, 0.2) is 28.2 Å². The summed E-state index contributed by atoms with van der Waals surface area (Å²) in [4.78, 5) is 12.0. The number of rotatable bonds is 7. The van der Waals surface area contributed by atoms with E-state index >= 15 is 0 Å². The fourth-order valence-corrected chi connectivity index (χ4v) is 3.88. The molecule has 0 fully saturated rings. The molecule has 0 saturated heterocycles. The van der Waals surface area contributed by atoms with Crippen molar-refractivity contribution in [3.63, 3.8) is 0 Å². The van der Waals surface area contributed by atoms with Gasteiger partial charge in [-0.15, -0.1) is 8.78 Å². The van der Waals surface area contributed by atoms with Crippen LogP contribution >= 0.6 is 11.8 Å². The molecule has 0 saturated carbocycles. The van der Waals surface area contributed by atoms with Crippen LogP contribution in [0.1, 0.15) is 25.1 Å². The lowest BCUT2D eigenvalue weighted by Gasteiger charge is -2.15. The highest BCUT2D eigenvalue weighted by Crippen LogP contribution is 2.43. The molecule has 0 bridgehead atoms. The van der Waals surface area contributed by atoms with E-state index in [0.717, 1.165) is 11.3 Å². The third-order valence-corrected chi connectivity index (χ3v) is 5.14. The van der Waals surface area contributed by atoms with Crippen LogP contribution in [0.4, 0.5) is 8.78 Å². The van der Waals surface area contributed by atoms with E-state index in [4.69, 9.17) is 9.47 Å². The zero-order valence-electron chi connectivity index (χ0n) is 16.0. The van der Waals surface area contributed by atoms with Crippen molar-refractivity contribution in [2.75, 3.05) is 13.2 Å². The van der Waals surface area contributed by atoms with Crippen LogP contribution in [0.15, 0.2) is 23.5 Å². The highest BCUT2D eigenvalue weighted by molar-refractivity contribution is 7.98. The average Bonchev–Trinajstić information content (AvgIpc) is 3.19. The Labute approximate surface area is 169 Å². The van der Waals surface area contributed by atoms with Crippen LogP contribution in [0.2, 0.25) is 0 Å². The topological polar surface area (TPSA) is 78.5 Å². The van der Waals surface area contributed by atoms with Crippen molar-refractivity contribution in [3.05, 3.63) is 29.6 Å². The van der Waals surface area contributed by atoms with Crippen molar-refractivity contribution in [3.8, 4) is 23.0 Å². The van der Waals surface area contributed by atoms with Gasteiger partial charge < -0.3 is 23.9 Å². The van der Waals surface area contributed by atoms with Crippen LogP contribution in [-0.4, -0.2) is 34.5 Å². The predicted octanol–water partition coefficient (Wildman–Crippen LogP) is 4.68. The molecular formula is C19H19F2N3O4S. The number of H-pyrrole nitrogens is 1. The Bertz CT molecular complexity index is 1010. The Balaban J connectivity index is 1.54. The number of aromatic amines is 1. The van der Waals surface area contributed by atoms with E-state index in [1.807, 2.05) is 20.8 Å². The third kappa shape index (κ3) is 3.89. The number of alkyl halides is 2. The van der Waals surface area contributed by atoms with Crippen LogP contribution < -0.4 is 18.9 Å². The Morgan fingerprint density at radius 3 is 2.59 bits per heavy atom. The van der Waals surface area contributed by atoms with E-state index in [-0.39, 0.29) is 11.5 Å². The summed E-state index contributed by atoms with van der Waals surface area (Å²) in [5.41, 5.74) is 2.85. The Kier molecular flexibility index (Phi) is 5.12. The van der Waals surface area contributed by atoms with Gasteiger partial charge in [-0.3, -0.25) is 4.98 Å². The van der Waals surface area contributed by atoms with E-state index in [9.17, 15) is 8.78 Å². The highest BCUT2D eigenvalue weighted by atomic mass is 32.2. The Morgan fingerprint density at radius 1 is 1.14 bits per heavy atom. The van der Waals surface area contributed by atoms with Gasteiger partial charge in [0.05, 0.1) is 36.1 Å². The second-order valence-electron chi connectivity index (χ2n) is 6.20. The maximum atomic E-state index is 13.2. The number of imidazole rings is 1. The standard InChI is InChI=1S/C19H19F2N3O4S/c1-4-25-16-8-22-13(10(3)17(16)26-5-2)9-29-18-23-11-6-14-15(7-12(11)24-18)28-19(20,21)27-14/h6-8H,4-5,9H2,1-3H3,(H,23,24). The summed E-state index contributed by atoms with van der Waals surface area (Å²) in [6.07, 6.45) is -1.98. The quantitative estimate of drug-likeness (QED) is 0.553. The van der Waals surface area contributed by atoms with Crippen molar-refractivity contribution in [2.24, 2.45) is 0 Å². The lowest BCUT2D eigenvalue weighted by molar-refractivity contribution is -0.286. The number of benzene rings is 1. The molecule has 3 heterocycles. The molecule has 1 aliphatic heterocycles. The van der Waals surface area contributed by atoms with Crippen molar-refractivity contribution < 1.29 is 27.7 Å². The summed E-state index contributed by atoms with van der Waals surface area (Å²) >= 11 is 1.44. The fraction of sp³-hybridized carbons (Fsp3) is 0.368. The van der Waals surface area contributed by atoms with Crippen molar-refractivity contribution in [1.82, 2.24) is 15.0 Å². The molecule has 0 aliphatic carbocycles. The van der Waals surface area contributed by atoms with E-state index in [2.05, 4.69) is 24.4 Å². The number of pyridine rings is 1. The van der Waals surface area contributed by atoms with Gasteiger partial charge >= 0.3 is 6.29 Å². The van der Waals surface area contributed by atoms with E-state index in [1.165, 1.54) is 23.9 Å². The molecule has 0 radical (unpaired) electrons. The number of ether oxygens (including phenoxy) is 4. The summed E-state index contributed by atoms with van der Waals surface area (Å²) in [6, 6.07) is 2.88. The van der Waals surface area contributed by atoms with Crippen LogP contribution in [0.5, 0.6) is 23.0 Å². The SMILES string of the molecule is CCOc1cnc(CSc2nc3cc4c(cc3[nH]2)OC(F)(F)O4)c(C)c1OCC. The summed E-state index contributed by atoms with van der Waals surface area (Å²) in [6.45, 7) is 6.81. The van der Waals surface area contributed by atoms with Crippen LogP contribution in [0.3, 0.4) is 0 Å². The first-order valence-corrected chi connectivity index (χ1v) is 10.0. The van der Waals surface area contributed by atoms with Crippen LogP contribution in [0, 0.1) is 6.92 Å². The fourth-order valence-electron chi connectivity index (χ4n) is 2.97. The van der Waals surface area contributed by atoms with Crippen LogP contribution in [-0.2, 0) is 5.75 Å². The van der Waals surface area contributed by atoms with Crippen molar-refractivity contribution >= 4 is 22.8 Å². The Hall–Kier alpha value is -2.75. The first kappa shape index (κ1) is 19.6. The molecule has 2 aromatic heterocycles. The number of aromatic nitrogens is 3. The first-order valence-electron chi connectivity index (χ1n) is 9.06. The summed E-state index contributed by atoms with van der Waals surface area (Å²) in [7, 11) is 0. The van der Waals surface area contributed by atoms with Crippen LogP contribution in [0.25, 0.3) is 11.0 Å². The molecule has 154 valence electrons. The van der Waals surface area contributed by atoms with Crippen molar-refractivity contribution in [1.29, 1.82) is 0 Å². The van der Waals surface area contributed by atoms with E-state index in [1.54, 1.807) is 6.20 Å². The molecule has 1 aromatic carbocycles. The largest absolute Gasteiger partial charge is 0.586 e. The van der Waals surface area contributed by atoms with E-state index in [0.29, 0.717) is 46.7 Å². The highest BCUT2D eigenvalue weighted by Gasteiger charge is 2.43. The lowest BCUT2D eigenvalue weighted by atomic mass is 10.2. The van der Waals surface area contributed by atoms with Gasteiger partial charge in [0.2, 0.25) is 0 Å². The number of halogens is 2. The van der Waals surface area contributed by atoms with E-state index < -0.39 is 6.29 Å². The zero-order valence-corrected chi connectivity index (χ0v) is 16.9. The maximum Gasteiger partial charge on any atom is 0.586 e. The monoisotopic (exact) mass is 423 g/mol. The second-order valence-corrected chi connectivity index (χ2v) is 7.17. The molecule has 10 heteroatoms. The third-order valence-electron chi connectivity index (χ3n) is 4.25. The maximum absolute atomic E-state index is 13.2. The Morgan fingerprint density at radius 2 is 1.86 bits per heavy atom. The summed E-state index contributed by atoms with van der Waals surface area (Å²) in [5.74, 6) is 1.80. The molecular weight excluding hydrogens is 404 g/mol. The van der Waals surface area contributed by atoms with Gasteiger partial charge in [-0.05, 0) is 20.8 Å². The minimum absolute atomic E-state index is 0.0203. The second kappa shape index (κ2) is 7.58. The molecule has 3 aromatic rings. The first-order chi connectivity index (χ1) is 13.9. The number of fused-ring (bicyclic) bond motifs is 2. The van der Waals surface area contributed by atoms with Gasteiger partial charge in [-0.2, -0.15) is 0 Å². The summed E-state index contributed by atoms with van der Waals surface area (Å²) in [5, 5.41) is 0.628. The molecule has 29 heavy (non-hydrogen) atoms. The molecule has 1 N–H and O–H groups in total. The number of thioether (sulfide) groups is 1. The predicted molar refractivity (Wildman–Crippen MR) is 103 cm³/mol. The molecule has 4 rings (SSSR count). The minimum atomic E-state index is -3.65. The smallest absolute Gasteiger partial charge is 0.490 e. The number of hydrogen-bond donors (Lipinski definition) is 1. The molecule has 0 unspecified atom stereocenters. The zero-order chi connectivity index (χ0) is 20.6. The summed E-state index contributed by atoms with van der Waals surface area (Å²) < 4.78 is 46.6. The molecule has 0 amide bonds. The molecule has 1 aliphatic rings. The number of nitrogens with zero attached hydrogens (tertiary/aromatic N) is 2. The van der Waals surface area contributed by atoms with Gasteiger partial charge in [0.25, 0.3) is 0 Å². The minimum Gasteiger partial charge on any atom is -0.490 e. The molecule has 0 atom stereocenters. The molecule has 7 nitrogen and oxygen atoms in total. The normalized spacial score (nSPS) is 14.4. The van der Waals surface area contributed by atoms with Gasteiger partial charge in [0, 0.05) is 23.4 Å². The number of hydrogen-bond acceptors (Lipinski definition) is 7. The van der Waals surface area contributed by atoms with Crippen molar-refractivity contribution in [2.45, 2.75) is 38.0 Å². The van der Waals surface area contributed by atoms with Gasteiger partial charge in [-0.1, -0.05) is 11.8 Å². The van der Waals surface area contributed by atoms with Gasteiger partial charge in [-0.25, -0.2) is 4.98 Å². The number of nitrogens with one attached hydrogen (secondary N) is 1.